The number of halogens is 1. The zero-order valence-electron chi connectivity index (χ0n) is 6.13. The minimum absolute atomic E-state index is 0.554. The molecule has 1 atom stereocenters. The molecule has 0 aliphatic rings. The van der Waals surface area contributed by atoms with Crippen molar-refractivity contribution in [1.82, 2.24) is 0 Å². The molecule has 0 aliphatic carbocycles. The van der Waals surface area contributed by atoms with E-state index in [-0.39, 0.29) is 0 Å². The van der Waals surface area contributed by atoms with Crippen LogP contribution < -0.4 is 0 Å². The molecule has 0 aromatic rings. The second kappa shape index (κ2) is 3.53. The van der Waals surface area contributed by atoms with Crippen LogP contribution in [0.15, 0.2) is 12.7 Å². The quantitative estimate of drug-likeness (QED) is 0.398. The summed E-state index contributed by atoms with van der Waals surface area (Å²) >= 11 is 5.58. The number of rotatable bonds is 4. The van der Waals surface area contributed by atoms with Crippen molar-refractivity contribution >= 4 is 23.4 Å². The van der Waals surface area contributed by atoms with Crippen LogP contribution >= 0.6 is 11.6 Å². The van der Waals surface area contributed by atoms with Gasteiger partial charge in [-0.3, -0.25) is 9.59 Å². The topological polar surface area (TPSA) is 54.4 Å². The summed E-state index contributed by atoms with van der Waals surface area (Å²) in [5, 5.41) is 8.23. The Hall–Kier alpha value is -0.830. The SMILES string of the molecule is C=CC(C)(Cl)C(=O)CC(=O)O. The Morgan fingerprint density at radius 2 is 2.18 bits per heavy atom. The first-order chi connectivity index (χ1) is 4.90. The Labute approximate surface area is 69.7 Å². The highest BCUT2D eigenvalue weighted by molar-refractivity contribution is 6.37. The molecule has 0 aliphatic heterocycles. The Kier molecular flexibility index (Phi) is 3.26. The van der Waals surface area contributed by atoms with E-state index < -0.39 is 23.0 Å². The molecule has 3 nitrogen and oxygen atoms in total. The summed E-state index contributed by atoms with van der Waals surface area (Å²) in [6.45, 7) is 4.72. The van der Waals surface area contributed by atoms with Gasteiger partial charge in [-0.25, -0.2) is 0 Å². The Morgan fingerprint density at radius 3 is 2.45 bits per heavy atom. The molecule has 0 spiro atoms. The van der Waals surface area contributed by atoms with E-state index in [2.05, 4.69) is 6.58 Å². The first-order valence-electron chi connectivity index (χ1n) is 2.97. The molecule has 0 bridgehead atoms. The number of ketones is 1. The fourth-order valence-electron chi connectivity index (χ4n) is 0.424. The molecule has 0 fully saturated rings. The number of Topliss-reactive ketones (excluding diaryl/α,β-unsaturated/α-hetero) is 1. The fourth-order valence-corrected chi connectivity index (χ4v) is 0.491. The van der Waals surface area contributed by atoms with Crippen LogP contribution in [0.1, 0.15) is 13.3 Å². The summed E-state index contributed by atoms with van der Waals surface area (Å²) in [7, 11) is 0. The Morgan fingerprint density at radius 1 is 1.73 bits per heavy atom. The molecule has 0 aromatic carbocycles. The molecule has 11 heavy (non-hydrogen) atoms. The molecule has 1 unspecified atom stereocenters. The van der Waals surface area contributed by atoms with E-state index in [4.69, 9.17) is 16.7 Å². The molecule has 0 saturated heterocycles. The minimum Gasteiger partial charge on any atom is -0.481 e. The molecule has 1 N–H and O–H groups in total. The van der Waals surface area contributed by atoms with Gasteiger partial charge in [0.15, 0.2) is 5.78 Å². The summed E-state index contributed by atoms with van der Waals surface area (Å²) in [5.41, 5.74) is 0. The zero-order valence-corrected chi connectivity index (χ0v) is 6.89. The summed E-state index contributed by atoms with van der Waals surface area (Å²) in [4.78, 5) is 19.7. The smallest absolute Gasteiger partial charge is 0.310 e. The third kappa shape index (κ3) is 3.18. The van der Waals surface area contributed by atoms with E-state index in [0.29, 0.717) is 0 Å². The van der Waals surface area contributed by atoms with E-state index in [1.807, 2.05) is 0 Å². The second-order valence-electron chi connectivity index (χ2n) is 2.27. The van der Waals surface area contributed by atoms with Crippen molar-refractivity contribution in [3.63, 3.8) is 0 Å². The van der Waals surface area contributed by atoms with E-state index >= 15 is 0 Å². The number of hydrogen-bond donors (Lipinski definition) is 1. The van der Waals surface area contributed by atoms with Crippen LogP contribution in [0.4, 0.5) is 0 Å². The second-order valence-corrected chi connectivity index (χ2v) is 3.06. The first-order valence-corrected chi connectivity index (χ1v) is 3.35. The van der Waals surface area contributed by atoms with E-state index in [9.17, 15) is 9.59 Å². The van der Waals surface area contributed by atoms with E-state index in [0.717, 1.165) is 0 Å². The van der Waals surface area contributed by atoms with Crippen LogP contribution in [0.3, 0.4) is 0 Å². The maximum absolute atomic E-state index is 10.9. The highest BCUT2D eigenvalue weighted by Crippen LogP contribution is 2.18. The number of carboxylic acid groups (broad SMARTS) is 1. The Balaban J connectivity index is 4.24. The van der Waals surface area contributed by atoms with Crippen LogP contribution in [0, 0.1) is 0 Å². The summed E-state index contributed by atoms with van der Waals surface area (Å²) in [6.07, 6.45) is 0.659. The average molecular weight is 177 g/mol. The van der Waals surface area contributed by atoms with Crippen molar-refractivity contribution in [2.45, 2.75) is 18.2 Å². The van der Waals surface area contributed by atoms with Gasteiger partial charge in [0.05, 0.1) is 0 Å². The number of hydrogen-bond acceptors (Lipinski definition) is 2. The van der Waals surface area contributed by atoms with Gasteiger partial charge < -0.3 is 5.11 Å². The summed E-state index contributed by atoms with van der Waals surface area (Å²) in [5.74, 6) is -1.73. The molecule has 0 amide bonds. The third-order valence-electron chi connectivity index (χ3n) is 1.24. The first kappa shape index (κ1) is 10.2. The molecule has 62 valence electrons. The highest BCUT2D eigenvalue weighted by atomic mass is 35.5. The number of allylic oxidation sites excluding steroid dienone is 1. The largest absolute Gasteiger partial charge is 0.481 e. The molecular weight excluding hydrogens is 168 g/mol. The van der Waals surface area contributed by atoms with Gasteiger partial charge in [-0.1, -0.05) is 6.08 Å². The number of carbonyl (C=O) groups is 2. The number of aliphatic carboxylic acids is 1. The normalized spacial score (nSPS) is 15.1. The number of carboxylic acids is 1. The van der Waals surface area contributed by atoms with Crippen LogP contribution in [0.5, 0.6) is 0 Å². The van der Waals surface area contributed by atoms with Gasteiger partial charge in [0, 0.05) is 0 Å². The molecule has 0 radical (unpaired) electrons. The molecule has 0 heterocycles. The predicted molar refractivity (Wildman–Crippen MR) is 41.7 cm³/mol. The summed E-state index contributed by atoms with van der Waals surface area (Å²) < 4.78 is 0. The average Bonchev–Trinajstić information content (AvgIpc) is 1.86. The van der Waals surface area contributed by atoms with Crippen molar-refractivity contribution in [2.24, 2.45) is 0 Å². The molecule has 0 saturated carbocycles. The van der Waals surface area contributed by atoms with Crippen molar-refractivity contribution in [2.75, 3.05) is 0 Å². The fraction of sp³-hybridized carbons (Fsp3) is 0.429. The van der Waals surface area contributed by atoms with Crippen LogP contribution in [-0.4, -0.2) is 21.7 Å². The summed E-state index contributed by atoms with van der Waals surface area (Å²) in [6, 6.07) is 0. The van der Waals surface area contributed by atoms with Gasteiger partial charge in [-0.05, 0) is 6.92 Å². The monoisotopic (exact) mass is 176 g/mol. The maximum Gasteiger partial charge on any atom is 0.310 e. The molecule has 0 rings (SSSR count). The number of alkyl halides is 1. The predicted octanol–water partition coefficient (Wildman–Crippen LogP) is 1.21. The molecule has 0 aromatic heterocycles. The van der Waals surface area contributed by atoms with Crippen molar-refractivity contribution in [3.8, 4) is 0 Å². The lowest BCUT2D eigenvalue weighted by Gasteiger charge is -2.12. The van der Waals surface area contributed by atoms with Gasteiger partial charge in [0.25, 0.3) is 0 Å². The van der Waals surface area contributed by atoms with Gasteiger partial charge in [-0.15, -0.1) is 18.2 Å². The Bertz CT molecular complexity index is 196. The standard InChI is InChI=1S/C7H9ClO3/c1-3-7(2,8)5(9)4-6(10)11/h3H,1,4H2,2H3,(H,10,11). The highest BCUT2D eigenvalue weighted by Gasteiger charge is 2.27. The van der Waals surface area contributed by atoms with Gasteiger partial charge in [-0.2, -0.15) is 0 Å². The van der Waals surface area contributed by atoms with E-state index in [1.165, 1.54) is 13.0 Å². The lowest BCUT2D eigenvalue weighted by atomic mass is 10.0. The van der Waals surface area contributed by atoms with Crippen LogP contribution in [0.2, 0.25) is 0 Å². The van der Waals surface area contributed by atoms with Gasteiger partial charge in [0.1, 0.15) is 11.3 Å². The van der Waals surface area contributed by atoms with Crippen molar-refractivity contribution in [3.05, 3.63) is 12.7 Å². The van der Waals surface area contributed by atoms with Gasteiger partial charge >= 0.3 is 5.97 Å². The van der Waals surface area contributed by atoms with Crippen LogP contribution in [0.25, 0.3) is 0 Å². The lowest BCUT2D eigenvalue weighted by molar-refractivity contribution is -0.140. The third-order valence-corrected chi connectivity index (χ3v) is 1.61. The van der Waals surface area contributed by atoms with Crippen molar-refractivity contribution in [1.29, 1.82) is 0 Å². The maximum atomic E-state index is 10.9. The number of carbonyl (C=O) groups excluding carboxylic acids is 1. The zero-order chi connectivity index (χ0) is 9.07. The van der Waals surface area contributed by atoms with Gasteiger partial charge in [0.2, 0.25) is 0 Å². The molecular formula is C7H9ClO3. The van der Waals surface area contributed by atoms with Crippen LogP contribution in [-0.2, 0) is 9.59 Å². The molecule has 4 heteroatoms. The van der Waals surface area contributed by atoms with E-state index in [1.54, 1.807) is 0 Å². The minimum atomic E-state index is -1.25. The van der Waals surface area contributed by atoms with Crippen molar-refractivity contribution < 1.29 is 14.7 Å². The lowest BCUT2D eigenvalue weighted by Crippen LogP contribution is -2.27.